The maximum atomic E-state index is 6.14. The summed E-state index contributed by atoms with van der Waals surface area (Å²) in [6.07, 6.45) is 1.68. The molecule has 0 saturated carbocycles. The van der Waals surface area contributed by atoms with Gasteiger partial charge in [0.05, 0.1) is 27.0 Å². The Morgan fingerprint density at radius 2 is 1.60 bits per heavy atom. The molecule has 0 fully saturated rings. The van der Waals surface area contributed by atoms with Crippen LogP contribution in [0.2, 0.25) is 10.0 Å². The van der Waals surface area contributed by atoms with Crippen LogP contribution in [-0.4, -0.2) is 20.4 Å². The number of hydrogen-bond donors (Lipinski definition) is 1. The first kappa shape index (κ1) is 21.8. The van der Waals surface area contributed by atoms with Gasteiger partial charge < -0.3 is 19.6 Å². The third-order valence-corrected chi connectivity index (χ3v) is 4.75. The van der Waals surface area contributed by atoms with Crippen molar-refractivity contribution in [3.63, 3.8) is 0 Å². The molecule has 3 aromatic carbocycles. The normalized spacial score (nSPS) is 10.8. The van der Waals surface area contributed by atoms with Crippen molar-refractivity contribution in [3.05, 3.63) is 87.4 Å². The number of ether oxygens (including phenoxy) is 3. The van der Waals surface area contributed by atoms with E-state index in [4.69, 9.17) is 37.4 Å². The number of halogens is 2. The predicted molar refractivity (Wildman–Crippen MR) is 121 cm³/mol. The number of nitrogens with zero attached hydrogens (tertiary/aromatic N) is 1. The number of methoxy groups -OCH3 is 2. The molecule has 0 heterocycles. The summed E-state index contributed by atoms with van der Waals surface area (Å²) in [5.74, 6) is 2.04. The van der Waals surface area contributed by atoms with Gasteiger partial charge in [-0.2, -0.15) is 5.10 Å². The number of hydrogen-bond acceptors (Lipinski definition) is 5. The Labute approximate surface area is 186 Å². The number of rotatable bonds is 9. The van der Waals surface area contributed by atoms with Crippen molar-refractivity contribution in [3.8, 4) is 17.2 Å². The van der Waals surface area contributed by atoms with Crippen molar-refractivity contribution in [1.82, 2.24) is 5.43 Å². The van der Waals surface area contributed by atoms with E-state index in [0.29, 0.717) is 40.4 Å². The Hall–Kier alpha value is -2.89. The van der Waals surface area contributed by atoms with Crippen molar-refractivity contribution in [2.24, 2.45) is 5.10 Å². The van der Waals surface area contributed by atoms with Gasteiger partial charge in [0.2, 0.25) is 0 Å². The topological polar surface area (TPSA) is 52.1 Å². The highest BCUT2D eigenvalue weighted by Gasteiger charge is 2.06. The summed E-state index contributed by atoms with van der Waals surface area (Å²) >= 11 is 12.2. The van der Waals surface area contributed by atoms with Gasteiger partial charge in [-0.15, -0.1) is 0 Å². The van der Waals surface area contributed by atoms with Crippen molar-refractivity contribution >= 4 is 29.4 Å². The molecule has 5 nitrogen and oxygen atoms in total. The maximum absolute atomic E-state index is 6.14. The van der Waals surface area contributed by atoms with E-state index in [-0.39, 0.29) is 0 Å². The lowest BCUT2D eigenvalue weighted by molar-refractivity contribution is 0.306. The van der Waals surface area contributed by atoms with Gasteiger partial charge in [-0.05, 0) is 53.6 Å². The summed E-state index contributed by atoms with van der Waals surface area (Å²) in [5, 5.41) is 5.58. The Morgan fingerprint density at radius 3 is 2.37 bits per heavy atom. The zero-order chi connectivity index (χ0) is 21.3. The Morgan fingerprint density at radius 1 is 0.833 bits per heavy atom. The van der Waals surface area contributed by atoms with E-state index in [2.05, 4.69) is 10.5 Å². The van der Waals surface area contributed by atoms with Gasteiger partial charge in [-0.1, -0.05) is 41.4 Å². The molecule has 0 aliphatic rings. The SMILES string of the molecule is COc1ccc(CN/N=C/c2cc(Cl)ccc2OCc2cccc(Cl)c2)cc1OC. The quantitative estimate of drug-likeness (QED) is 0.339. The fourth-order valence-electron chi connectivity index (χ4n) is 2.78. The zero-order valence-corrected chi connectivity index (χ0v) is 18.2. The summed E-state index contributed by atoms with van der Waals surface area (Å²) in [7, 11) is 3.22. The second-order valence-corrected chi connectivity index (χ2v) is 7.26. The molecule has 0 amide bonds. The van der Waals surface area contributed by atoms with Crippen LogP contribution in [0.1, 0.15) is 16.7 Å². The molecule has 0 unspecified atom stereocenters. The third-order valence-electron chi connectivity index (χ3n) is 4.28. The molecule has 156 valence electrons. The fourth-order valence-corrected chi connectivity index (χ4v) is 3.18. The van der Waals surface area contributed by atoms with Crippen LogP contribution in [0.25, 0.3) is 0 Å². The molecular weight excluding hydrogens is 423 g/mol. The predicted octanol–water partition coefficient (Wildman–Crippen LogP) is 5.71. The molecular formula is C23H22Cl2N2O3. The van der Waals surface area contributed by atoms with E-state index in [9.17, 15) is 0 Å². The zero-order valence-electron chi connectivity index (χ0n) is 16.7. The highest BCUT2D eigenvalue weighted by Crippen LogP contribution is 2.27. The van der Waals surface area contributed by atoms with Crippen molar-refractivity contribution in [2.45, 2.75) is 13.2 Å². The maximum Gasteiger partial charge on any atom is 0.161 e. The smallest absolute Gasteiger partial charge is 0.161 e. The van der Waals surface area contributed by atoms with Crippen LogP contribution in [0.15, 0.2) is 65.8 Å². The van der Waals surface area contributed by atoms with Gasteiger partial charge in [0, 0.05) is 15.6 Å². The number of hydrazone groups is 1. The Bertz CT molecular complexity index is 1030. The lowest BCUT2D eigenvalue weighted by atomic mass is 10.2. The van der Waals surface area contributed by atoms with E-state index in [1.807, 2.05) is 48.5 Å². The van der Waals surface area contributed by atoms with E-state index in [0.717, 1.165) is 16.7 Å². The molecule has 0 radical (unpaired) electrons. The molecule has 0 aliphatic heterocycles. The first-order valence-electron chi connectivity index (χ1n) is 9.22. The Kier molecular flexibility index (Phi) is 7.82. The van der Waals surface area contributed by atoms with Gasteiger partial charge in [-0.25, -0.2) is 0 Å². The van der Waals surface area contributed by atoms with Crippen LogP contribution in [-0.2, 0) is 13.2 Å². The highest BCUT2D eigenvalue weighted by atomic mass is 35.5. The van der Waals surface area contributed by atoms with E-state index in [1.54, 1.807) is 32.6 Å². The van der Waals surface area contributed by atoms with Crippen LogP contribution < -0.4 is 19.6 Å². The third kappa shape index (κ3) is 6.05. The van der Waals surface area contributed by atoms with E-state index in [1.165, 1.54) is 0 Å². The van der Waals surface area contributed by atoms with Crippen molar-refractivity contribution in [1.29, 1.82) is 0 Å². The van der Waals surface area contributed by atoms with Gasteiger partial charge in [0.25, 0.3) is 0 Å². The molecule has 7 heteroatoms. The first-order chi connectivity index (χ1) is 14.6. The Balaban J connectivity index is 1.64. The fraction of sp³-hybridized carbons (Fsp3) is 0.174. The lowest BCUT2D eigenvalue weighted by Gasteiger charge is -2.10. The monoisotopic (exact) mass is 444 g/mol. The average Bonchev–Trinajstić information content (AvgIpc) is 2.76. The van der Waals surface area contributed by atoms with E-state index >= 15 is 0 Å². The molecule has 0 aromatic heterocycles. The molecule has 0 bridgehead atoms. The summed E-state index contributed by atoms with van der Waals surface area (Å²) in [6, 6.07) is 18.7. The number of nitrogens with one attached hydrogen (secondary N) is 1. The van der Waals surface area contributed by atoms with Crippen LogP contribution in [0.4, 0.5) is 0 Å². The molecule has 0 atom stereocenters. The summed E-state index contributed by atoms with van der Waals surface area (Å²) in [6.45, 7) is 0.915. The van der Waals surface area contributed by atoms with Gasteiger partial charge >= 0.3 is 0 Å². The van der Waals surface area contributed by atoms with Gasteiger partial charge in [-0.3, -0.25) is 0 Å². The van der Waals surface area contributed by atoms with Crippen molar-refractivity contribution in [2.75, 3.05) is 14.2 Å². The molecule has 3 rings (SSSR count). The van der Waals surface area contributed by atoms with Crippen molar-refractivity contribution < 1.29 is 14.2 Å². The second kappa shape index (κ2) is 10.8. The summed E-state index contributed by atoms with van der Waals surface area (Å²) < 4.78 is 16.5. The summed E-state index contributed by atoms with van der Waals surface area (Å²) in [5.41, 5.74) is 5.78. The molecule has 0 spiro atoms. The standard InChI is InChI=1S/C23H22Cl2N2O3/c1-28-22-8-6-16(11-23(22)29-2)13-26-27-14-18-12-20(25)7-9-21(18)30-15-17-4-3-5-19(24)10-17/h3-12,14,26H,13,15H2,1-2H3/b27-14+. The number of benzene rings is 3. The van der Waals surface area contributed by atoms with Crippen LogP contribution in [0.3, 0.4) is 0 Å². The molecule has 30 heavy (non-hydrogen) atoms. The van der Waals surface area contributed by atoms with Crippen LogP contribution in [0.5, 0.6) is 17.2 Å². The minimum Gasteiger partial charge on any atom is -0.493 e. The average molecular weight is 445 g/mol. The minimum atomic E-state index is 0.391. The lowest BCUT2D eigenvalue weighted by Crippen LogP contribution is -2.06. The molecule has 0 saturated heterocycles. The first-order valence-corrected chi connectivity index (χ1v) is 9.98. The van der Waals surface area contributed by atoms with Crippen LogP contribution >= 0.6 is 23.2 Å². The molecule has 3 aromatic rings. The minimum absolute atomic E-state index is 0.391. The molecule has 1 N–H and O–H groups in total. The second-order valence-electron chi connectivity index (χ2n) is 6.38. The summed E-state index contributed by atoms with van der Waals surface area (Å²) in [4.78, 5) is 0. The molecule has 0 aliphatic carbocycles. The van der Waals surface area contributed by atoms with Gasteiger partial charge in [0.1, 0.15) is 12.4 Å². The van der Waals surface area contributed by atoms with E-state index < -0.39 is 0 Å². The van der Waals surface area contributed by atoms with Gasteiger partial charge in [0.15, 0.2) is 11.5 Å². The highest BCUT2D eigenvalue weighted by molar-refractivity contribution is 6.31. The van der Waals surface area contributed by atoms with Crippen LogP contribution in [0, 0.1) is 0 Å². The largest absolute Gasteiger partial charge is 0.493 e.